The summed E-state index contributed by atoms with van der Waals surface area (Å²) in [6, 6.07) is 15.5. The number of carbonyl (C=O) groups excluding carboxylic acids is 2. The summed E-state index contributed by atoms with van der Waals surface area (Å²) in [6.07, 6.45) is 1.52. The second-order valence-corrected chi connectivity index (χ2v) is 8.25. The van der Waals surface area contributed by atoms with Crippen molar-refractivity contribution in [1.82, 2.24) is 4.98 Å². The van der Waals surface area contributed by atoms with Gasteiger partial charge in [0.1, 0.15) is 11.6 Å². The van der Waals surface area contributed by atoms with Crippen LogP contribution in [0.2, 0.25) is 0 Å². The molecule has 3 aromatic rings. The lowest BCUT2D eigenvalue weighted by molar-refractivity contribution is -0.885. The summed E-state index contributed by atoms with van der Waals surface area (Å²) >= 11 is 1.67. The molecular weight excluding hydrogens is 372 g/mol. The maximum atomic E-state index is 12.4. The Morgan fingerprint density at radius 2 is 2.00 bits per heavy atom. The molecule has 1 saturated heterocycles. The maximum Gasteiger partial charge on any atom is 0.279 e. The topological polar surface area (TPSA) is 66.7 Å². The van der Waals surface area contributed by atoms with Gasteiger partial charge in [0.15, 0.2) is 6.54 Å². The minimum absolute atomic E-state index is 0.0383. The number of thiazole rings is 1. The normalized spacial score (nSPS) is 15.2. The Morgan fingerprint density at radius 1 is 1.21 bits per heavy atom. The fraction of sp³-hybridized carbons (Fsp3) is 0.286. The molecule has 7 heteroatoms. The van der Waals surface area contributed by atoms with Crippen molar-refractivity contribution in [2.24, 2.45) is 0 Å². The Labute approximate surface area is 167 Å². The number of hydrogen-bond donors (Lipinski definition) is 2. The van der Waals surface area contributed by atoms with E-state index in [1.54, 1.807) is 16.2 Å². The van der Waals surface area contributed by atoms with E-state index >= 15 is 0 Å². The lowest BCUT2D eigenvalue weighted by atomic mass is 10.2. The minimum Gasteiger partial charge on any atom is -0.324 e. The molecule has 0 saturated carbocycles. The number of quaternary nitrogens is 1. The van der Waals surface area contributed by atoms with E-state index in [1.807, 2.05) is 49.5 Å². The highest BCUT2D eigenvalue weighted by Crippen LogP contribution is 2.23. The molecular formula is C21H23N4O2S+. The average Bonchev–Trinajstić information content (AvgIpc) is 3.27. The highest BCUT2D eigenvalue weighted by Gasteiger charge is 2.21. The van der Waals surface area contributed by atoms with Gasteiger partial charge in [-0.05, 0) is 42.8 Å². The summed E-state index contributed by atoms with van der Waals surface area (Å²) in [5.74, 6) is 0.125. The van der Waals surface area contributed by atoms with Crippen molar-refractivity contribution in [3.63, 3.8) is 0 Å². The van der Waals surface area contributed by atoms with E-state index in [4.69, 9.17) is 0 Å². The number of nitrogens with one attached hydrogen (secondary N) is 2. The standard InChI is InChI=1S/C21H22N4O2S/c1-24(14-20-23-17-5-2-3-6-18(17)28-20)13-19(26)22-15-8-10-16(11-9-15)25-12-4-7-21(25)27/h2-3,5-6,8-11H,4,7,12-14H2,1H3,(H,22,26)/p+1. The molecule has 2 aromatic carbocycles. The zero-order valence-electron chi connectivity index (χ0n) is 15.8. The van der Waals surface area contributed by atoms with Crippen molar-refractivity contribution in [2.75, 3.05) is 30.4 Å². The Kier molecular flexibility index (Phi) is 5.36. The molecule has 2 heterocycles. The molecule has 1 atom stereocenters. The van der Waals surface area contributed by atoms with E-state index < -0.39 is 0 Å². The molecule has 1 aliphatic rings. The number of aromatic nitrogens is 1. The molecule has 0 spiro atoms. The van der Waals surface area contributed by atoms with Crippen LogP contribution in [0.1, 0.15) is 17.8 Å². The number of benzene rings is 2. The molecule has 2 N–H and O–H groups in total. The minimum atomic E-state index is -0.0383. The average molecular weight is 396 g/mol. The number of nitrogens with zero attached hydrogens (tertiary/aromatic N) is 2. The van der Waals surface area contributed by atoms with E-state index in [0.29, 0.717) is 19.5 Å². The smallest absolute Gasteiger partial charge is 0.279 e. The van der Waals surface area contributed by atoms with Gasteiger partial charge in [0.05, 0.1) is 17.3 Å². The van der Waals surface area contributed by atoms with E-state index in [1.165, 1.54) is 4.70 Å². The first kappa shape index (κ1) is 18.6. The van der Waals surface area contributed by atoms with Crippen molar-refractivity contribution >= 4 is 44.7 Å². The van der Waals surface area contributed by atoms with Crippen LogP contribution in [0.4, 0.5) is 11.4 Å². The van der Waals surface area contributed by atoms with Gasteiger partial charge in [0.2, 0.25) is 5.91 Å². The molecule has 6 nitrogen and oxygen atoms in total. The van der Waals surface area contributed by atoms with E-state index in [2.05, 4.69) is 16.4 Å². The second-order valence-electron chi connectivity index (χ2n) is 7.13. The summed E-state index contributed by atoms with van der Waals surface area (Å²) in [5, 5.41) is 3.97. The van der Waals surface area contributed by atoms with Gasteiger partial charge in [-0.2, -0.15) is 0 Å². The van der Waals surface area contributed by atoms with Gasteiger partial charge in [-0.15, -0.1) is 11.3 Å². The first-order chi connectivity index (χ1) is 13.6. The highest BCUT2D eigenvalue weighted by atomic mass is 32.1. The monoisotopic (exact) mass is 395 g/mol. The molecule has 1 unspecified atom stereocenters. The lowest BCUT2D eigenvalue weighted by Crippen LogP contribution is -3.08. The zero-order chi connectivity index (χ0) is 19.5. The summed E-state index contributed by atoms with van der Waals surface area (Å²) < 4.78 is 1.17. The Hall–Kier alpha value is -2.77. The van der Waals surface area contributed by atoms with E-state index in [0.717, 1.165) is 39.8 Å². The van der Waals surface area contributed by atoms with Crippen molar-refractivity contribution in [2.45, 2.75) is 19.4 Å². The predicted molar refractivity (Wildman–Crippen MR) is 112 cm³/mol. The molecule has 0 bridgehead atoms. The summed E-state index contributed by atoms with van der Waals surface area (Å²) in [7, 11) is 1.99. The maximum absolute atomic E-state index is 12.4. The number of likely N-dealkylation sites (N-methyl/N-ethyl adjacent to an activating group) is 1. The van der Waals surface area contributed by atoms with Crippen molar-refractivity contribution in [3.05, 3.63) is 53.5 Å². The molecule has 4 rings (SSSR count). The molecule has 0 aliphatic carbocycles. The van der Waals surface area contributed by atoms with Crippen LogP contribution in [-0.4, -0.2) is 36.9 Å². The first-order valence-electron chi connectivity index (χ1n) is 9.44. The van der Waals surface area contributed by atoms with Crippen LogP contribution in [0.5, 0.6) is 0 Å². The summed E-state index contributed by atoms with van der Waals surface area (Å²) in [4.78, 5) is 31.7. The summed E-state index contributed by atoms with van der Waals surface area (Å²) in [5.41, 5.74) is 2.64. The SMILES string of the molecule is C[NH+](CC(=O)Nc1ccc(N2CCCC2=O)cc1)Cc1nc2ccccc2s1. The largest absolute Gasteiger partial charge is 0.324 e. The van der Waals surface area contributed by atoms with Gasteiger partial charge in [0.25, 0.3) is 5.91 Å². The summed E-state index contributed by atoms with van der Waals surface area (Å²) in [6.45, 7) is 1.84. The third kappa shape index (κ3) is 4.21. The van der Waals surface area contributed by atoms with Gasteiger partial charge in [0, 0.05) is 24.3 Å². The molecule has 28 heavy (non-hydrogen) atoms. The Morgan fingerprint density at radius 3 is 2.71 bits per heavy atom. The third-order valence-electron chi connectivity index (χ3n) is 4.79. The molecule has 1 fully saturated rings. The van der Waals surface area contributed by atoms with Crippen LogP contribution < -0.4 is 15.1 Å². The van der Waals surface area contributed by atoms with Gasteiger partial charge in [-0.25, -0.2) is 4.98 Å². The van der Waals surface area contributed by atoms with Crippen LogP contribution >= 0.6 is 11.3 Å². The Balaban J connectivity index is 1.31. The van der Waals surface area contributed by atoms with Gasteiger partial charge in [-0.3, -0.25) is 9.59 Å². The number of anilines is 2. The fourth-order valence-electron chi connectivity index (χ4n) is 3.44. The first-order valence-corrected chi connectivity index (χ1v) is 10.3. The number of fused-ring (bicyclic) bond motifs is 1. The highest BCUT2D eigenvalue weighted by molar-refractivity contribution is 7.18. The van der Waals surface area contributed by atoms with E-state index in [9.17, 15) is 9.59 Å². The molecule has 0 radical (unpaired) electrons. The van der Waals surface area contributed by atoms with Gasteiger partial charge in [-0.1, -0.05) is 12.1 Å². The lowest BCUT2D eigenvalue weighted by Gasteiger charge is -2.16. The zero-order valence-corrected chi connectivity index (χ0v) is 16.6. The van der Waals surface area contributed by atoms with Crippen LogP contribution in [0.15, 0.2) is 48.5 Å². The number of para-hydroxylation sites is 1. The number of carbonyl (C=O) groups is 2. The second kappa shape index (κ2) is 8.08. The van der Waals surface area contributed by atoms with Crippen LogP contribution in [0, 0.1) is 0 Å². The molecule has 1 aliphatic heterocycles. The quantitative estimate of drug-likeness (QED) is 0.672. The van der Waals surface area contributed by atoms with Crippen molar-refractivity contribution in [1.29, 1.82) is 0 Å². The van der Waals surface area contributed by atoms with Crippen LogP contribution in [-0.2, 0) is 16.1 Å². The molecule has 2 amide bonds. The van der Waals surface area contributed by atoms with Crippen molar-refractivity contribution in [3.8, 4) is 0 Å². The molecule has 144 valence electrons. The van der Waals surface area contributed by atoms with Crippen molar-refractivity contribution < 1.29 is 14.5 Å². The van der Waals surface area contributed by atoms with Crippen LogP contribution in [0.25, 0.3) is 10.2 Å². The van der Waals surface area contributed by atoms with Crippen LogP contribution in [0.3, 0.4) is 0 Å². The van der Waals surface area contributed by atoms with E-state index in [-0.39, 0.29) is 11.8 Å². The third-order valence-corrected chi connectivity index (χ3v) is 5.83. The van der Waals surface area contributed by atoms with Gasteiger partial charge >= 0.3 is 0 Å². The van der Waals surface area contributed by atoms with Gasteiger partial charge < -0.3 is 15.1 Å². The number of amides is 2. The molecule has 1 aromatic heterocycles. The Bertz CT molecular complexity index is 966. The predicted octanol–water partition coefficient (Wildman–Crippen LogP) is 2.08. The number of rotatable bonds is 6. The number of hydrogen-bond acceptors (Lipinski definition) is 4. The fourth-order valence-corrected chi connectivity index (χ4v) is 4.52.